The van der Waals surface area contributed by atoms with Crippen LogP contribution in [0.25, 0.3) is 0 Å². The molecule has 1 rings (SSSR count). The molecule has 0 atom stereocenters. The van der Waals surface area contributed by atoms with Gasteiger partial charge >= 0.3 is 0 Å². The molecule has 118 valence electrons. The number of para-hydroxylation sites is 1. The van der Waals surface area contributed by atoms with Crippen LogP contribution in [-0.4, -0.2) is 43.6 Å². The van der Waals surface area contributed by atoms with Gasteiger partial charge in [-0.15, -0.1) is 0 Å². The fourth-order valence-corrected chi connectivity index (χ4v) is 2.89. The maximum absolute atomic E-state index is 12.1. The van der Waals surface area contributed by atoms with E-state index in [-0.39, 0.29) is 11.6 Å². The summed E-state index contributed by atoms with van der Waals surface area (Å²) in [6, 6.07) is 7.12. The number of nitrogens with two attached hydrogens (primary N) is 1. The molecule has 0 saturated carbocycles. The number of hydrogen-bond acceptors (Lipinski definition) is 5. The predicted octanol–water partition coefficient (Wildman–Crippen LogP) is 1.43. The van der Waals surface area contributed by atoms with Gasteiger partial charge in [0.05, 0.1) is 10.5 Å². The summed E-state index contributed by atoms with van der Waals surface area (Å²) in [4.78, 5) is 1.79. The lowest BCUT2D eigenvalue weighted by atomic mass is 10.1. The molecule has 0 aliphatic heterocycles. The Balaban J connectivity index is 2.95. The monoisotopic (exact) mass is 313 g/mol. The molecule has 21 heavy (non-hydrogen) atoms. The summed E-state index contributed by atoms with van der Waals surface area (Å²) in [6.07, 6.45) is 0. The lowest BCUT2D eigenvalue weighted by Gasteiger charge is -2.25. The van der Waals surface area contributed by atoms with Gasteiger partial charge in [0.25, 0.3) is 0 Å². The van der Waals surface area contributed by atoms with Crippen LogP contribution in [0.15, 0.2) is 29.4 Å². The first-order valence-corrected chi connectivity index (χ1v) is 8.26. The molecule has 0 unspecified atom stereocenters. The van der Waals surface area contributed by atoms with E-state index in [2.05, 4.69) is 5.16 Å². The highest BCUT2D eigenvalue weighted by molar-refractivity contribution is 7.92. The zero-order valence-electron chi connectivity index (χ0n) is 12.9. The van der Waals surface area contributed by atoms with Crippen LogP contribution >= 0.6 is 0 Å². The lowest BCUT2D eigenvalue weighted by molar-refractivity contribution is 0.318. The van der Waals surface area contributed by atoms with Crippen molar-refractivity contribution in [3.05, 3.63) is 29.8 Å². The van der Waals surface area contributed by atoms with Crippen LogP contribution in [0.4, 0.5) is 5.69 Å². The molecule has 3 N–H and O–H groups in total. The average molecular weight is 313 g/mol. The summed E-state index contributed by atoms with van der Waals surface area (Å²) in [6.45, 7) is 5.39. The van der Waals surface area contributed by atoms with Crippen molar-refractivity contribution in [1.29, 1.82) is 0 Å². The molecule has 0 amide bonds. The van der Waals surface area contributed by atoms with Crippen LogP contribution in [-0.2, 0) is 9.84 Å². The smallest absolute Gasteiger partial charge is 0.172 e. The second-order valence-corrected chi connectivity index (χ2v) is 8.72. The maximum atomic E-state index is 12.1. The van der Waals surface area contributed by atoms with Gasteiger partial charge in [-0.3, -0.25) is 0 Å². The third-order valence-corrected chi connectivity index (χ3v) is 5.91. The molecule has 0 radical (unpaired) electrons. The van der Waals surface area contributed by atoms with E-state index in [1.165, 1.54) is 0 Å². The highest BCUT2D eigenvalue weighted by atomic mass is 32.2. The maximum Gasteiger partial charge on any atom is 0.172 e. The number of nitrogens with zero attached hydrogens (tertiary/aromatic N) is 2. The summed E-state index contributed by atoms with van der Waals surface area (Å²) in [7, 11) is -1.41. The zero-order chi connectivity index (χ0) is 16.3. The Morgan fingerprint density at radius 3 is 2.43 bits per heavy atom. The van der Waals surface area contributed by atoms with Gasteiger partial charge in [-0.1, -0.05) is 17.3 Å². The molecule has 0 fully saturated rings. The second-order valence-electron chi connectivity index (χ2n) is 5.86. The predicted molar refractivity (Wildman–Crippen MR) is 85.8 cm³/mol. The number of oxime groups is 1. The third kappa shape index (κ3) is 4.10. The third-order valence-electron chi connectivity index (χ3n) is 3.33. The van der Waals surface area contributed by atoms with Crippen molar-refractivity contribution in [3.8, 4) is 0 Å². The van der Waals surface area contributed by atoms with Gasteiger partial charge < -0.3 is 15.8 Å². The summed E-state index contributed by atoms with van der Waals surface area (Å²) >= 11 is 0. The first kappa shape index (κ1) is 17.3. The van der Waals surface area contributed by atoms with Gasteiger partial charge in [-0.2, -0.15) is 0 Å². The van der Waals surface area contributed by atoms with Crippen LogP contribution in [0.3, 0.4) is 0 Å². The molecule has 7 heteroatoms. The molecule has 0 aliphatic carbocycles. The molecule has 0 saturated heterocycles. The average Bonchev–Trinajstić information content (AvgIpc) is 2.42. The van der Waals surface area contributed by atoms with E-state index >= 15 is 0 Å². The summed E-state index contributed by atoms with van der Waals surface area (Å²) in [5.74, 6) is 0.0356. The number of anilines is 1. The Hall–Kier alpha value is -1.76. The van der Waals surface area contributed by atoms with Gasteiger partial charge in [-0.05, 0) is 32.9 Å². The number of benzene rings is 1. The van der Waals surface area contributed by atoms with Gasteiger partial charge in [-0.25, -0.2) is 8.42 Å². The van der Waals surface area contributed by atoms with E-state index < -0.39 is 14.6 Å². The van der Waals surface area contributed by atoms with E-state index in [1.807, 2.05) is 6.07 Å². The van der Waals surface area contributed by atoms with Crippen LogP contribution in [0.5, 0.6) is 0 Å². The van der Waals surface area contributed by atoms with E-state index in [9.17, 15) is 8.42 Å². The standard InChI is InChI=1S/C14H23N3O3S/c1-14(2,3)21(19,20)10-9-17(4)12-8-6-5-7-11(12)13(15)16-18/h5-8,18H,9-10H2,1-4H3,(H2,15,16). The van der Waals surface area contributed by atoms with Crippen molar-refractivity contribution in [2.75, 3.05) is 24.2 Å². The summed E-state index contributed by atoms with van der Waals surface area (Å²) in [5, 5.41) is 11.8. The summed E-state index contributed by atoms with van der Waals surface area (Å²) in [5.41, 5.74) is 6.92. The Morgan fingerprint density at radius 1 is 1.33 bits per heavy atom. The molecule has 0 spiro atoms. The molecule has 1 aromatic carbocycles. The van der Waals surface area contributed by atoms with Crippen LogP contribution in [0.2, 0.25) is 0 Å². The number of rotatable bonds is 5. The highest BCUT2D eigenvalue weighted by Gasteiger charge is 2.29. The van der Waals surface area contributed by atoms with Gasteiger partial charge in [0.15, 0.2) is 15.7 Å². The van der Waals surface area contributed by atoms with Crippen molar-refractivity contribution in [3.63, 3.8) is 0 Å². The fraction of sp³-hybridized carbons (Fsp3) is 0.500. The molecule has 0 aliphatic rings. The molecular formula is C14H23N3O3S. The van der Waals surface area contributed by atoms with Crippen molar-refractivity contribution in [2.24, 2.45) is 10.9 Å². The van der Waals surface area contributed by atoms with Crippen molar-refractivity contribution in [1.82, 2.24) is 0 Å². The lowest BCUT2D eigenvalue weighted by Crippen LogP contribution is -2.36. The Bertz CT molecular complexity index is 619. The van der Waals surface area contributed by atoms with Crippen LogP contribution in [0, 0.1) is 0 Å². The van der Waals surface area contributed by atoms with Crippen LogP contribution < -0.4 is 10.6 Å². The molecule has 0 aromatic heterocycles. The minimum atomic E-state index is -3.19. The highest BCUT2D eigenvalue weighted by Crippen LogP contribution is 2.21. The fourth-order valence-electron chi connectivity index (χ4n) is 1.76. The second kappa shape index (κ2) is 6.34. The molecule has 1 aromatic rings. The number of sulfone groups is 1. The minimum absolute atomic E-state index is 0.00358. The minimum Gasteiger partial charge on any atom is -0.409 e. The van der Waals surface area contributed by atoms with E-state index in [4.69, 9.17) is 10.9 Å². The largest absolute Gasteiger partial charge is 0.409 e. The van der Waals surface area contributed by atoms with Gasteiger partial charge in [0, 0.05) is 24.8 Å². The van der Waals surface area contributed by atoms with Crippen molar-refractivity contribution >= 4 is 21.4 Å². The SMILES string of the molecule is CN(CCS(=O)(=O)C(C)(C)C)c1ccccc1/C(N)=N/O. The topological polar surface area (TPSA) is 96.0 Å². The Kier molecular flexibility index (Phi) is 5.22. The normalized spacial score (nSPS) is 13.2. The Labute approximate surface area is 126 Å². The quantitative estimate of drug-likeness (QED) is 0.371. The number of amidine groups is 1. The molecule has 6 nitrogen and oxygen atoms in total. The molecular weight excluding hydrogens is 290 g/mol. The van der Waals surface area contributed by atoms with Crippen molar-refractivity contribution in [2.45, 2.75) is 25.5 Å². The molecule has 0 bridgehead atoms. The first-order chi connectivity index (χ1) is 9.60. The van der Waals surface area contributed by atoms with Gasteiger partial charge in [0.1, 0.15) is 0 Å². The van der Waals surface area contributed by atoms with Gasteiger partial charge in [0.2, 0.25) is 0 Å². The Morgan fingerprint density at radius 2 is 1.90 bits per heavy atom. The van der Waals surface area contributed by atoms with E-state index in [0.717, 1.165) is 5.69 Å². The number of hydrogen-bond donors (Lipinski definition) is 2. The molecule has 0 heterocycles. The van der Waals surface area contributed by atoms with E-state index in [0.29, 0.717) is 12.1 Å². The van der Waals surface area contributed by atoms with Crippen molar-refractivity contribution < 1.29 is 13.6 Å². The zero-order valence-corrected chi connectivity index (χ0v) is 13.7. The summed E-state index contributed by atoms with van der Waals surface area (Å²) < 4.78 is 23.5. The van der Waals surface area contributed by atoms with E-state index in [1.54, 1.807) is 50.9 Å². The van der Waals surface area contributed by atoms with Crippen LogP contribution in [0.1, 0.15) is 26.3 Å². The first-order valence-electron chi connectivity index (χ1n) is 6.60.